The average Bonchev–Trinajstić information content (AvgIpc) is 2.37. The van der Waals surface area contributed by atoms with E-state index in [9.17, 15) is 0 Å². The van der Waals surface area contributed by atoms with E-state index >= 15 is 0 Å². The molecule has 0 heterocycles. The molecule has 0 aliphatic rings. The zero-order valence-corrected chi connectivity index (χ0v) is 11.9. The van der Waals surface area contributed by atoms with Gasteiger partial charge in [0.2, 0.25) is 0 Å². The highest BCUT2D eigenvalue weighted by Gasteiger charge is 2.12. The second-order valence-corrected chi connectivity index (χ2v) is 4.88. The van der Waals surface area contributed by atoms with Gasteiger partial charge >= 0.3 is 0 Å². The summed E-state index contributed by atoms with van der Waals surface area (Å²) in [4.78, 5) is 0. The molecule has 0 saturated carbocycles. The fourth-order valence-corrected chi connectivity index (χ4v) is 1.75. The van der Waals surface area contributed by atoms with Crippen LogP contribution in [0.5, 0.6) is 5.75 Å². The third kappa shape index (κ3) is 5.07. The van der Waals surface area contributed by atoms with E-state index in [0.29, 0.717) is 5.92 Å². The lowest BCUT2D eigenvalue weighted by Gasteiger charge is -2.19. The van der Waals surface area contributed by atoms with Crippen LogP contribution in [-0.4, -0.2) is 27.3 Å². The largest absolute Gasteiger partial charge is 0.497 e. The molecule has 0 bridgehead atoms. The van der Waals surface area contributed by atoms with Crippen molar-refractivity contribution in [2.45, 2.75) is 26.4 Å². The third-order valence-corrected chi connectivity index (χ3v) is 2.87. The van der Waals surface area contributed by atoms with Crippen molar-refractivity contribution in [3.63, 3.8) is 0 Å². The minimum Gasteiger partial charge on any atom is -0.497 e. The van der Waals surface area contributed by atoms with Crippen LogP contribution < -0.4 is 10.1 Å². The van der Waals surface area contributed by atoms with Crippen LogP contribution in [0.25, 0.3) is 0 Å². The minimum atomic E-state index is 0.0869. The normalized spacial score (nSPS) is 12.7. The first-order valence-corrected chi connectivity index (χ1v) is 6.57. The Hall–Kier alpha value is -1.06. The summed E-state index contributed by atoms with van der Waals surface area (Å²) in [5, 5.41) is 3.18. The number of hydrogen-bond donors (Lipinski definition) is 1. The lowest BCUT2D eigenvalue weighted by molar-refractivity contribution is 0.0469. The van der Waals surface area contributed by atoms with Crippen molar-refractivity contribution >= 4 is 0 Å². The van der Waals surface area contributed by atoms with E-state index < -0.39 is 0 Å². The Kier molecular flexibility index (Phi) is 6.76. The smallest absolute Gasteiger partial charge is 0.119 e. The van der Waals surface area contributed by atoms with Crippen molar-refractivity contribution in [3.8, 4) is 5.75 Å². The Balaban J connectivity index is 2.64. The van der Waals surface area contributed by atoms with E-state index in [1.54, 1.807) is 7.11 Å². The van der Waals surface area contributed by atoms with Crippen molar-refractivity contribution in [1.82, 2.24) is 5.32 Å². The lowest BCUT2D eigenvalue weighted by Crippen LogP contribution is -2.20. The number of methoxy groups -OCH3 is 1. The maximum atomic E-state index is 5.96. The summed E-state index contributed by atoms with van der Waals surface area (Å²) in [6, 6.07) is 8.08. The number of likely N-dealkylation sites (N-methyl/N-ethyl adjacent to an activating group) is 1. The zero-order chi connectivity index (χ0) is 13.4. The molecule has 3 nitrogen and oxygen atoms in total. The summed E-state index contributed by atoms with van der Waals surface area (Å²) in [6.45, 7) is 6.02. The molecule has 3 heteroatoms. The van der Waals surface area contributed by atoms with Gasteiger partial charge in [0.25, 0.3) is 0 Å². The second kappa shape index (κ2) is 8.11. The first kappa shape index (κ1) is 15.0. The van der Waals surface area contributed by atoms with Gasteiger partial charge in [0.15, 0.2) is 0 Å². The molecule has 0 amide bonds. The van der Waals surface area contributed by atoms with Gasteiger partial charge in [-0.1, -0.05) is 26.0 Å². The minimum absolute atomic E-state index is 0.0869. The molecule has 1 rings (SSSR count). The van der Waals surface area contributed by atoms with Crippen LogP contribution in [0.1, 0.15) is 31.9 Å². The highest BCUT2D eigenvalue weighted by Crippen LogP contribution is 2.22. The number of ether oxygens (including phenoxy) is 2. The first-order valence-electron chi connectivity index (χ1n) is 6.57. The molecule has 1 N–H and O–H groups in total. The highest BCUT2D eigenvalue weighted by atomic mass is 16.5. The molecule has 0 radical (unpaired) electrons. The standard InChI is InChI=1S/C15H25NO2/c1-12(2)8-9-18-15(11-16-3)13-6-5-7-14(10-13)17-4/h5-7,10,12,15-16H,8-9,11H2,1-4H3. The van der Waals surface area contributed by atoms with Crippen molar-refractivity contribution in [2.24, 2.45) is 5.92 Å². The summed E-state index contributed by atoms with van der Waals surface area (Å²) >= 11 is 0. The summed E-state index contributed by atoms with van der Waals surface area (Å²) < 4.78 is 11.2. The van der Waals surface area contributed by atoms with Gasteiger partial charge in [0.1, 0.15) is 5.75 Å². The second-order valence-electron chi connectivity index (χ2n) is 4.88. The van der Waals surface area contributed by atoms with Crippen LogP contribution >= 0.6 is 0 Å². The van der Waals surface area contributed by atoms with E-state index in [1.165, 1.54) is 0 Å². The van der Waals surface area contributed by atoms with E-state index in [4.69, 9.17) is 9.47 Å². The summed E-state index contributed by atoms with van der Waals surface area (Å²) in [5.74, 6) is 1.55. The van der Waals surface area contributed by atoms with E-state index in [2.05, 4.69) is 25.2 Å². The molecule has 0 aliphatic carbocycles. The van der Waals surface area contributed by atoms with Gasteiger partial charge in [0.05, 0.1) is 13.2 Å². The zero-order valence-electron chi connectivity index (χ0n) is 11.9. The predicted octanol–water partition coefficient (Wildman–Crippen LogP) is 3.02. The van der Waals surface area contributed by atoms with Gasteiger partial charge in [-0.2, -0.15) is 0 Å². The van der Waals surface area contributed by atoms with Crippen LogP contribution in [0, 0.1) is 5.92 Å². The number of nitrogens with one attached hydrogen (secondary N) is 1. The first-order chi connectivity index (χ1) is 8.67. The summed E-state index contributed by atoms with van der Waals surface area (Å²) in [5.41, 5.74) is 1.16. The van der Waals surface area contributed by atoms with Gasteiger partial charge in [-0.25, -0.2) is 0 Å². The molecule has 0 aromatic heterocycles. The SMILES string of the molecule is CNCC(OCCC(C)C)c1cccc(OC)c1. The highest BCUT2D eigenvalue weighted by molar-refractivity contribution is 5.30. The maximum absolute atomic E-state index is 5.96. The van der Waals surface area contributed by atoms with Crippen molar-refractivity contribution in [3.05, 3.63) is 29.8 Å². The van der Waals surface area contributed by atoms with Crippen LogP contribution in [0.2, 0.25) is 0 Å². The molecule has 0 spiro atoms. The molecule has 1 aromatic rings. The van der Waals surface area contributed by atoms with Gasteiger partial charge < -0.3 is 14.8 Å². The van der Waals surface area contributed by atoms with Crippen molar-refractivity contribution in [1.29, 1.82) is 0 Å². The Bertz CT molecular complexity index is 339. The van der Waals surface area contributed by atoms with E-state index in [-0.39, 0.29) is 6.10 Å². The molecule has 0 fully saturated rings. The summed E-state index contributed by atoms with van der Waals surface area (Å²) in [7, 11) is 3.63. The third-order valence-electron chi connectivity index (χ3n) is 2.87. The van der Waals surface area contributed by atoms with Gasteiger partial charge in [-0.3, -0.25) is 0 Å². The monoisotopic (exact) mass is 251 g/mol. The van der Waals surface area contributed by atoms with Crippen molar-refractivity contribution in [2.75, 3.05) is 27.3 Å². The van der Waals surface area contributed by atoms with E-state index in [0.717, 1.165) is 30.9 Å². The summed E-state index contributed by atoms with van der Waals surface area (Å²) in [6.07, 6.45) is 1.17. The Morgan fingerprint density at radius 2 is 2.06 bits per heavy atom. The van der Waals surface area contributed by atoms with Crippen LogP contribution in [0.3, 0.4) is 0 Å². The fourth-order valence-electron chi connectivity index (χ4n) is 1.75. The van der Waals surface area contributed by atoms with Crippen LogP contribution in [-0.2, 0) is 4.74 Å². The molecular formula is C15H25NO2. The molecule has 102 valence electrons. The fraction of sp³-hybridized carbons (Fsp3) is 0.600. The van der Waals surface area contributed by atoms with Gasteiger partial charge in [-0.15, -0.1) is 0 Å². The average molecular weight is 251 g/mol. The van der Waals surface area contributed by atoms with Crippen LogP contribution in [0.15, 0.2) is 24.3 Å². The molecule has 0 aliphatic heterocycles. The number of benzene rings is 1. The van der Waals surface area contributed by atoms with Crippen molar-refractivity contribution < 1.29 is 9.47 Å². The maximum Gasteiger partial charge on any atom is 0.119 e. The molecule has 1 aromatic carbocycles. The lowest BCUT2D eigenvalue weighted by atomic mass is 10.1. The van der Waals surface area contributed by atoms with Gasteiger partial charge in [-0.05, 0) is 37.1 Å². The Morgan fingerprint density at radius 3 is 2.67 bits per heavy atom. The predicted molar refractivity (Wildman–Crippen MR) is 75.1 cm³/mol. The van der Waals surface area contributed by atoms with Gasteiger partial charge in [0, 0.05) is 13.2 Å². The van der Waals surface area contributed by atoms with Crippen LogP contribution in [0.4, 0.5) is 0 Å². The molecule has 0 saturated heterocycles. The number of rotatable bonds is 8. The molecule has 1 atom stereocenters. The number of hydrogen-bond acceptors (Lipinski definition) is 3. The topological polar surface area (TPSA) is 30.5 Å². The molecule has 1 unspecified atom stereocenters. The Labute approximate surface area is 110 Å². The molecular weight excluding hydrogens is 226 g/mol. The molecule has 18 heavy (non-hydrogen) atoms. The van der Waals surface area contributed by atoms with E-state index in [1.807, 2.05) is 25.2 Å². The Morgan fingerprint density at radius 1 is 1.28 bits per heavy atom. The quantitative estimate of drug-likeness (QED) is 0.770.